The first-order valence-electron chi connectivity index (χ1n) is 6.13. The number of halogens is 1. The van der Waals surface area contributed by atoms with E-state index in [1.165, 1.54) is 13.8 Å². The molecule has 2 rings (SSSR count). The average Bonchev–Trinajstić information content (AvgIpc) is 2.30. The van der Waals surface area contributed by atoms with Crippen molar-refractivity contribution in [2.24, 2.45) is 0 Å². The Morgan fingerprint density at radius 3 is 2.60 bits per heavy atom. The van der Waals surface area contributed by atoms with E-state index in [1.807, 2.05) is 6.92 Å². The number of alkyl halides is 1. The van der Waals surface area contributed by atoms with E-state index in [4.69, 9.17) is 5.11 Å². The lowest BCUT2D eigenvalue weighted by molar-refractivity contribution is -0.138. The minimum atomic E-state index is -1.78. The number of carbonyl (C=O) groups is 1. The summed E-state index contributed by atoms with van der Waals surface area (Å²) in [4.78, 5) is 22.9. The van der Waals surface area contributed by atoms with Crippen LogP contribution in [0.4, 0.5) is 4.39 Å². The molecular weight excluding hydrogens is 263 g/mol. The van der Waals surface area contributed by atoms with Gasteiger partial charge < -0.3 is 5.11 Å². The van der Waals surface area contributed by atoms with Crippen LogP contribution in [0, 0.1) is 6.92 Å². The molecule has 0 atom stereocenters. The minimum absolute atomic E-state index is 0.0667. The molecule has 0 radical (unpaired) electrons. The van der Waals surface area contributed by atoms with Gasteiger partial charge in [-0.3, -0.25) is 9.59 Å². The second-order valence-electron chi connectivity index (χ2n) is 5.23. The highest BCUT2D eigenvalue weighted by molar-refractivity contribution is 5.85. The first-order chi connectivity index (χ1) is 9.20. The number of benzene rings is 1. The van der Waals surface area contributed by atoms with Gasteiger partial charge in [0.15, 0.2) is 0 Å². The van der Waals surface area contributed by atoms with Crippen LogP contribution >= 0.6 is 0 Å². The van der Waals surface area contributed by atoms with E-state index < -0.39 is 23.7 Å². The minimum Gasteiger partial charge on any atom is -0.480 e. The fourth-order valence-corrected chi connectivity index (χ4v) is 2.07. The van der Waals surface area contributed by atoms with Crippen molar-refractivity contribution in [1.82, 2.24) is 9.78 Å². The van der Waals surface area contributed by atoms with Gasteiger partial charge in [-0.05, 0) is 32.9 Å². The van der Waals surface area contributed by atoms with Gasteiger partial charge in [0.05, 0.1) is 5.39 Å². The molecule has 0 saturated carbocycles. The van der Waals surface area contributed by atoms with E-state index >= 15 is 0 Å². The van der Waals surface area contributed by atoms with Crippen LogP contribution < -0.4 is 5.56 Å². The third kappa shape index (κ3) is 2.54. The molecule has 0 aliphatic carbocycles. The van der Waals surface area contributed by atoms with E-state index in [0.29, 0.717) is 5.39 Å². The number of hydrogen-bond acceptors (Lipinski definition) is 3. The summed E-state index contributed by atoms with van der Waals surface area (Å²) in [6.07, 6.45) is 0. The SMILES string of the molecule is Cc1ccc2c(=O)n(CC(=O)O)nc(C(C)(C)F)c2c1. The highest BCUT2D eigenvalue weighted by Crippen LogP contribution is 2.28. The molecule has 106 valence electrons. The largest absolute Gasteiger partial charge is 0.480 e. The van der Waals surface area contributed by atoms with Crippen molar-refractivity contribution in [2.75, 3.05) is 0 Å². The molecule has 1 heterocycles. The smallest absolute Gasteiger partial charge is 0.325 e. The fourth-order valence-electron chi connectivity index (χ4n) is 2.07. The van der Waals surface area contributed by atoms with Crippen LogP contribution in [-0.2, 0) is 17.0 Å². The van der Waals surface area contributed by atoms with Gasteiger partial charge in [-0.15, -0.1) is 0 Å². The van der Waals surface area contributed by atoms with Crippen LogP contribution in [0.5, 0.6) is 0 Å². The zero-order chi connectivity index (χ0) is 15.1. The Morgan fingerprint density at radius 1 is 1.40 bits per heavy atom. The Balaban J connectivity index is 2.88. The summed E-state index contributed by atoms with van der Waals surface area (Å²) >= 11 is 0. The number of rotatable bonds is 3. The van der Waals surface area contributed by atoms with E-state index in [1.54, 1.807) is 18.2 Å². The first-order valence-corrected chi connectivity index (χ1v) is 6.13. The molecule has 20 heavy (non-hydrogen) atoms. The van der Waals surface area contributed by atoms with Crippen molar-refractivity contribution < 1.29 is 14.3 Å². The molecule has 1 aromatic carbocycles. The molecule has 5 nitrogen and oxygen atoms in total. The van der Waals surface area contributed by atoms with Crippen LogP contribution in [-0.4, -0.2) is 20.9 Å². The predicted molar refractivity (Wildman–Crippen MR) is 72.5 cm³/mol. The Hall–Kier alpha value is -2.24. The molecule has 0 amide bonds. The summed E-state index contributed by atoms with van der Waals surface area (Å²) in [7, 11) is 0. The van der Waals surface area contributed by atoms with E-state index in [-0.39, 0.29) is 11.1 Å². The fraction of sp³-hybridized carbons (Fsp3) is 0.357. The van der Waals surface area contributed by atoms with Crippen molar-refractivity contribution in [3.63, 3.8) is 0 Å². The van der Waals surface area contributed by atoms with E-state index in [9.17, 15) is 14.0 Å². The molecule has 2 aromatic rings. The maximum Gasteiger partial charge on any atom is 0.325 e. The van der Waals surface area contributed by atoms with E-state index in [0.717, 1.165) is 10.2 Å². The maximum atomic E-state index is 14.3. The summed E-state index contributed by atoms with van der Waals surface area (Å²) < 4.78 is 15.1. The monoisotopic (exact) mass is 278 g/mol. The Labute approximate surface area is 114 Å². The Kier molecular flexibility index (Phi) is 3.33. The van der Waals surface area contributed by atoms with Gasteiger partial charge in [0, 0.05) is 5.39 Å². The second-order valence-corrected chi connectivity index (χ2v) is 5.23. The normalized spacial score (nSPS) is 11.8. The number of aliphatic carboxylic acids is 1. The number of hydrogen-bond donors (Lipinski definition) is 1. The van der Waals surface area contributed by atoms with Crippen LogP contribution in [0.2, 0.25) is 0 Å². The number of aromatic nitrogens is 2. The zero-order valence-electron chi connectivity index (χ0n) is 11.5. The Morgan fingerprint density at radius 2 is 2.05 bits per heavy atom. The van der Waals surface area contributed by atoms with Gasteiger partial charge in [-0.1, -0.05) is 11.6 Å². The van der Waals surface area contributed by atoms with Crippen molar-refractivity contribution >= 4 is 16.7 Å². The standard InChI is InChI=1S/C14H15FN2O3/c1-8-4-5-9-10(6-8)12(14(2,3)15)16-17(13(9)20)7-11(18)19/h4-6H,7H2,1-3H3,(H,18,19). The third-order valence-electron chi connectivity index (χ3n) is 2.96. The lowest BCUT2D eigenvalue weighted by atomic mass is 9.99. The highest BCUT2D eigenvalue weighted by Gasteiger charge is 2.26. The molecule has 1 N–H and O–H groups in total. The lowest BCUT2D eigenvalue weighted by Gasteiger charge is -2.17. The molecule has 0 fully saturated rings. The van der Waals surface area contributed by atoms with Crippen LogP contribution in [0.3, 0.4) is 0 Å². The number of nitrogens with zero attached hydrogens (tertiary/aromatic N) is 2. The van der Waals surface area contributed by atoms with Gasteiger partial charge in [0.1, 0.15) is 17.9 Å². The van der Waals surface area contributed by atoms with Gasteiger partial charge in [-0.2, -0.15) is 5.10 Å². The molecule has 0 aliphatic heterocycles. The Bertz CT molecular complexity index is 744. The van der Waals surface area contributed by atoms with Gasteiger partial charge in [0.2, 0.25) is 0 Å². The first kappa shape index (κ1) is 14.2. The zero-order valence-corrected chi connectivity index (χ0v) is 11.5. The summed E-state index contributed by atoms with van der Waals surface area (Å²) in [5.41, 5.74) is -1.37. The number of carboxylic acid groups (broad SMARTS) is 1. The highest BCUT2D eigenvalue weighted by atomic mass is 19.1. The molecule has 0 unspecified atom stereocenters. The topological polar surface area (TPSA) is 72.2 Å². The maximum absolute atomic E-state index is 14.3. The molecular formula is C14H15FN2O3. The summed E-state index contributed by atoms with van der Waals surface area (Å²) in [5.74, 6) is -1.20. The molecule has 0 spiro atoms. The summed E-state index contributed by atoms with van der Waals surface area (Å²) in [6, 6.07) is 4.98. The number of fused-ring (bicyclic) bond motifs is 1. The number of carboxylic acids is 1. The van der Waals surface area contributed by atoms with Gasteiger partial charge in [0.25, 0.3) is 5.56 Å². The van der Waals surface area contributed by atoms with Crippen LogP contribution in [0.1, 0.15) is 25.1 Å². The second kappa shape index (κ2) is 4.70. The third-order valence-corrected chi connectivity index (χ3v) is 2.96. The molecule has 6 heteroatoms. The average molecular weight is 278 g/mol. The molecule has 0 aliphatic rings. The predicted octanol–water partition coefficient (Wildman–Crippen LogP) is 1.99. The molecule has 0 bridgehead atoms. The number of aryl methyl sites for hydroxylation is 1. The van der Waals surface area contributed by atoms with Crippen molar-refractivity contribution in [2.45, 2.75) is 33.0 Å². The summed E-state index contributed by atoms with van der Waals surface area (Å²) in [6.45, 7) is 3.89. The molecule has 0 saturated heterocycles. The summed E-state index contributed by atoms with van der Waals surface area (Å²) in [5, 5.41) is 13.4. The van der Waals surface area contributed by atoms with Gasteiger partial charge >= 0.3 is 5.97 Å². The van der Waals surface area contributed by atoms with Crippen LogP contribution in [0.25, 0.3) is 10.8 Å². The quantitative estimate of drug-likeness (QED) is 0.932. The van der Waals surface area contributed by atoms with Crippen molar-refractivity contribution in [1.29, 1.82) is 0 Å². The van der Waals surface area contributed by atoms with Crippen molar-refractivity contribution in [3.8, 4) is 0 Å². The lowest BCUT2D eigenvalue weighted by Crippen LogP contribution is -2.30. The van der Waals surface area contributed by atoms with Crippen molar-refractivity contribution in [3.05, 3.63) is 39.8 Å². The van der Waals surface area contributed by atoms with Crippen LogP contribution in [0.15, 0.2) is 23.0 Å². The molecule has 1 aromatic heterocycles. The van der Waals surface area contributed by atoms with Gasteiger partial charge in [-0.25, -0.2) is 9.07 Å². The van der Waals surface area contributed by atoms with E-state index in [2.05, 4.69) is 5.10 Å².